The molecule has 2 atom stereocenters. The van der Waals surface area contributed by atoms with Crippen LogP contribution in [-0.2, 0) is 0 Å². The summed E-state index contributed by atoms with van der Waals surface area (Å²) >= 11 is 3.35. The third-order valence-electron chi connectivity index (χ3n) is 3.67. The highest BCUT2D eigenvalue weighted by Crippen LogP contribution is 2.29. The molecule has 0 aliphatic heterocycles. The largest absolute Gasteiger partial charge is 0.396 e. The molecule has 5 nitrogen and oxygen atoms in total. The number of anilines is 1. The first-order valence-corrected chi connectivity index (χ1v) is 7.48. The van der Waals surface area contributed by atoms with Crippen molar-refractivity contribution in [1.82, 2.24) is 9.78 Å². The Labute approximate surface area is 121 Å². The van der Waals surface area contributed by atoms with Crippen molar-refractivity contribution in [2.75, 3.05) is 11.9 Å². The van der Waals surface area contributed by atoms with Gasteiger partial charge in [-0.1, -0.05) is 6.42 Å². The normalized spacial score (nSPS) is 23.0. The van der Waals surface area contributed by atoms with Crippen LogP contribution in [0.1, 0.15) is 39.2 Å². The molecule has 1 aromatic rings. The van der Waals surface area contributed by atoms with Gasteiger partial charge in [-0.25, -0.2) is 4.68 Å². The summed E-state index contributed by atoms with van der Waals surface area (Å²) in [5, 5.41) is 16.8. The fourth-order valence-corrected chi connectivity index (χ4v) is 2.96. The molecule has 0 spiro atoms. The van der Waals surface area contributed by atoms with Crippen LogP contribution in [0.5, 0.6) is 0 Å². The summed E-state index contributed by atoms with van der Waals surface area (Å²) < 4.78 is 1.97. The Balaban J connectivity index is 2.22. The highest BCUT2D eigenvalue weighted by molar-refractivity contribution is 9.10. The first kappa shape index (κ1) is 14.5. The second-order valence-corrected chi connectivity index (χ2v) is 6.13. The quantitative estimate of drug-likeness (QED) is 0.888. The lowest BCUT2D eigenvalue weighted by molar-refractivity contribution is 0.222. The fourth-order valence-electron chi connectivity index (χ4n) is 2.56. The molecule has 2 unspecified atom stereocenters. The maximum atomic E-state index is 12.1. The van der Waals surface area contributed by atoms with Gasteiger partial charge in [0.2, 0.25) is 0 Å². The molecule has 106 valence electrons. The number of rotatable bonds is 4. The molecule has 1 fully saturated rings. The Morgan fingerprint density at radius 3 is 2.95 bits per heavy atom. The molecule has 19 heavy (non-hydrogen) atoms. The minimum absolute atomic E-state index is 0.0366. The van der Waals surface area contributed by atoms with Crippen molar-refractivity contribution in [2.24, 2.45) is 5.92 Å². The van der Waals surface area contributed by atoms with E-state index in [1.165, 1.54) is 4.68 Å². The molecule has 1 aliphatic carbocycles. The van der Waals surface area contributed by atoms with Crippen LogP contribution in [0.4, 0.5) is 5.69 Å². The van der Waals surface area contributed by atoms with E-state index in [0.29, 0.717) is 10.2 Å². The van der Waals surface area contributed by atoms with Crippen molar-refractivity contribution < 1.29 is 5.11 Å². The van der Waals surface area contributed by atoms with Crippen LogP contribution in [0.3, 0.4) is 0 Å². The van der Waals surface area contributed by atoms with Crippen LogP contribution in [0, 0.1) is 5.92 Å². The van der Waals surface area contributed by atoms with Crippen molar-refractivity contribution in [3.63, 3.8) is 0 Å². The van der Waals surface area contributed by atoms with Gasteiger partial charge in [0.15, 0.2) is 0 Å². The van der Waals surface area contributed by atoms with Crippen molar-refractivity contribution in [1.29, 1.82) is 0 Å². The summed E-state index contributed by atoms with van der Waals surface area (Å²) in [6.07, 6.45) is 4.84. The Kier molecular flexibility index (Phi) is 4.62. The van der Waals surface area contributed by atoms with E-state index in [9.17, 15) is 9.90 Å². The molecule has 1 aliphatic rings. The number of nitrogens with one attached hydrogen (secondary N) is 1. The Bertz CT molecular complexity index is 501. The standard InChI is InChI=1S/C13H20BrN3O2/c1-8(2)17-13(19)12(14)11(6-15-17)16-10-5-3-4-9(10)7-18/h6,8-10,16,18H,3-5,7H2,1-2H3. The van der Waals surface area contributed by atoms with Gasteiger partial charge >= 0.3 is 0 Å². The van der Waals surface area contributed by atoms with E-state index in [4.69, 9.17) is 0 Å². The SMILES string of the molecule is CC(C)n1ncc(NC2CCCC2CO)c(Br)c1=O. The molecule has 0 radical (unpaired) electrons. The maximum absolute atomic E-state index is 12.1. The van der Waals surface area contributed by atoms with Crippen LogP contribution in [0.15, 0.2) is 15.5 Å². The summed E-state index contributed by atoms with van der Waals surface area (Å²) in [5.41, 5.74) is 0.589. The zero-order valence-electron chi connectivity index (χ0n) is 11.3. The lowest BCUT2D eigenvalue weighted by Gasteiger charge is -2.21. The van der Waals surface area contributed by atoms with Crippen molar-refractivity contribution >= 4 is 21.6 Å². The zero-order valence-corrected chi connectivity index (χ0v) is 12.9. The van der Waals surface area contributed by atoms with Gasteiger partial charge in [0.25, 0.3) is 5.56 Å². The van der Waals surface area contributed by atoms with Gasteiger partial charge in [-0.05, 0) is 42.6 Å². The van der Waals surface area contributed by atoms with E-state index in [2.05, 4.69) is 26.3 Å². The molecule has 0 bridgehead atoms. The minimum atomic E-state index is -0.126. The minimum Gasteiger partial charge on any atom is -0.396 e. The molecule has 1 saturated carbocycles. The van der Waals surface area contributed by atoms with E-state index in [1.807, 2.05) is 13.8 Å². The van der Waals surface area contributed by atoms with Crippen molar-refractivity contribution in [2.45, 2.75) is 45.2 Å². The molecule has 1 aromatic heterocycles. The number of aliphatic hydroxyl groups excluding tert-OH is 1. The summed E-state index contributed by atoms with van der Waals surface area (Å²) in [7, 11) is 0. The molecule has 1 heterocycles. The number of halogens is 1. The second kappa shape index (κ2) is 6.05. The van der Waals surface area contributed by atoms with E-state index >= 15 is 0 Å². The van der Waals surface area contributed by atoms with Crippen molar-refractivity contribution in [3.05, 3.63) is 21.0 Å². The monoisotopic (exact) mass is 329 g/mol. The lowest BCUT2D eigenvalue weighted by Crippen LogP contribution is -2.30. The highest BCUT2D eigenvalue weighted by Gasteiger charge is 2.27. The van der Waals surface area contributed by atoms with E-state index < -0.39 is 0 Å². The molecule has 2 N–H and O–H groups in total. The van der Waals surface area contributed by atoms with Crippen LogP contribution in [0.2, 0.25) is 0 Å². The first-order valence-electron chi connectivity index (χ1n) is 6.69. The van der Waals surface area contributed by atoms with Gasteiger partial charge in [-0.3, -0.25) is 4.79 Å². The molecule has 6 heteroatoms. The third-order valence-corrected chi connectivity index (χ3v) is 4.43. The van der Waals surface area contributed by atoms with Gasteiger partial charge in [0, 0.05) is 18.6 Å². The van der Waals surface area contributed by atoms with Gasteiger partial charge in [0.05, 0.1) is 17.9 Å². The van der Waals surface area contributed by atoms with Crippen LogP contribution in [0.25, 0.3) is 0 Å². The molecule has 0 saturated heterocycles. The Morgan fingerprint density at radius 1 is 1.58 bits per heavy atom. The topological polar surface area (TPSA) is 67.2 Å². The predicted octanol–water partition coefficient (Wildman–Crippen LogP) is 2.16. The number of aliphatic hydroxyl groups is 1. The lowest BCUT2D eigenvalue weighted by atomic mass is 10.1. The average molecular weight is 330 g/mol. The first-order chi connectivity index (χ1) is 9.04. The number of hydrogen-bond acceptors (Lipinski definition) is 4. The van der Waals surface area contributed by atoms with Gasteiger partial charge in [0.1, 0.15) is 4.47 Å². The van der Waals surface area contributed by atoms with Crippen LogP contribution >= 0.6 is 15.9 Å². The summed E-state index contributed by atoms with van der Waals surface area (Å²) in [6, 6.07) is 0.256. The maximum Gasteiger partial charge on any atom is 0.283 e. The zero-order chi connectivity index (χ0) is 14.0. The number of aromatic nitrogens is 2. The summed E-state index contributed by atoms with van der Waals surface area (Å²) in [4.78, 5) is 12.1. The van der Waals surface area contributed by atoms with Gasteiger partial charge < -0.3 is 10.4 Å². The third kappa shape index (κ3) is 3.00. The molecule has 2 rings (SSSR count). The summed E-state index contributed by atoms with van der Waals surface area (Å²) in [5.74, 6) is 0.263. The molecule has 0 aromatic carbocycles. The van der Waals surface area contributed by atoms with E-state index in [0.717, 1.165) is 19.3 Å². The van der Waals surface area contributed by atoms with Crippen molar-refractivity contribution in [3.8, 4) is 0 Å². The summed E-state index contributed by atoms with van der Waals surface area (Å²) in [6.45, 7) is 4.03. The van der Waals surface area contributed by atoms with Gasteiger partial charge in [-0.2, -0.15) is 5.10 Å². The van der Waals surface area contributed by atoms with Crippen LogP contribution < -0.4 is 10.9 Å². The second-order valence-electron chi connectivity index (χ2n) is 5.34. The molecular formula is C13H20BrN3O2. The van der Waals surface area contributed by atoms with E-state index in [-0.39, 0.29) is 30.2 Å². The number of nitrogens with zero attached hydrogens (tertiary/aromatic N) is 2. The van der Waals surface area contributed by atoms with E-state index in [1.54, 1.807) is 6.20 Å². The number of hydrogen-bond donors (Lipinski definition) is 2. The predicted molar refractivity (Wildman–Crippen MR) is 78.4 cm³/mol. The van der Waals surface area contributed by atoms with Crippen LogP contribution in [-0.4, -0.2) is 27.5 Å². The smallest absolute Gasteiger partial charge is 0.283 e. The molecule has 0 amide bonds. The molecular weight excluding hydrogens is 310 g/mol. The average Bonchev–Trinajstić information content (AvgIpc) is 2.82. The highest BCUT2D eigenvalue weighted by atomic mass is 79.9. The fraction of sp³-hybridized carbons (Fsp3) is 0.692. The van der Waals surface area contributed by atoms with Gasteiger partial charge in [-0.15, -0.1) is 0 Å². The Morgan fingerprint density at radius 2 is 2.32 bits per heavy atom. The Hall–Kier alpha value is -0.880.